The fraction of sp³-hybridized carbons (Fsp3) is 0. The molecule has 11 rings (SSSR count). The van der Waals surface area contributed by atoms with Crippen molar-refractivity contribution < 1.29 is 4.42 Å². The summed E-state index contributed by atoms with van der Waals surface area (Å²) in [5.41, 5.74) is 12.1. The number of rotatable bonds is 6. The molecule has 1 heterocycles. The van der Waals surface area contributed by atoms with Gasteiger partial charge in [-0.2, -0.15) is 0 Å². The molecule has 11 aromatic rings. The second kappa shape index (κ2) is 13.2. The van der Waals surface area contributed by atoms with Crippen molar-refractivity contribution in [1.29, 1.82) is 0 Å². The molecule has 0 radical (unpaired) electrons. The van der Waals surface area contributed by atoms with Gasteiger partial charge in [-0.3, -0.25) is 0 Å². The number of nitrogens with zero attached hydrogens (tertiary/aromatic N) is 1. The maximum absolute atomic E-state index is 6.61. The number of para-hydroxylation sites is 1. The zero-order valence-corrected chi connectivity index (χ0v) is 30.6. The van der Waals surface area contributed by atoms with E-state index < -0.39 is 0 Å². The first-order valence-electron chi connectivity index (χ1n) is 19.2. The maximum atomic E-state index is 6.61. The molecule has 0 N–H and O–H groups in total. The van der Waals surface area contributed by atoms with Crippen molar-refractivity contribution in [3.8, 4) is 33.4 Å². The summed E-state index contributed by atoms with van der Waals surface area (Å²) in [6, 6.07) is 76.4. The first kappa shape index (κ1) is 32.0. The van der Waals surface area contributed by atoms with Gasteiger partial charge in [-0.05, 0) is 97.2 Å². The first-order chi connectivity index (χ1) is 27.8. The Balaban J connectivity index is 1.07. The van der Waals surface area contributed by atoms with E-state index in [-0.39, 0.29) is 0 Å². The van der Waals surface area contributed by atoms with Crippen molar-refractivity contribution in [3.63, 3.8) is 0 Å². The van der Waals surface area contributed by atoms with Crippen LogP contribution in [0.5, 0.6) is 0 Å². The summed E-state index contributed by atoms with van der Waals surface area (Å²) < 4.78 is 6.61. The Bertz CT molecular complexity index is 3230. The molecule has 0 fully saturated rings. The normalized spacial score (nSPS) is 11.6. The fourth-order valence-corrected chi connectivity index (χ4v) is 8.62. The second-order valence-corrected chi connectivity index (χ2v) is 14.4. The largest absolute Gasteiger partial charge is 0.455 e. The molecule has 0 unspecified atom stereocenters. The van der Waals surface area contributed by atoms with E-state index in [4.69, 9.17) is 4.42 Å². The molecular formula is C54H35NO. The van der Waals surface area contributed by atoms with Gasteiger partial charge in [0.15, 0.2) is 0 Å². The summed E-state index contributed by atoms with van der Waals surface area (Å²) >= 11 is 0. The van der Waals surface area contributed by atoms with Gasteiger partial charge >= 0.3 is 0 Å². The highest BCUT2D eigenvalue weighted by Crippen LogP contribution is 2.45. The molecule has 0 bridgehead atoms. The van der Waals surface area contributed by atoms with E-state index in [2.05, 4.69) is 211 Å². The van der Waals surface area contributed by atoms with Crippen LogP contribution in [0, 0.1) is 0 Å². The molecule has 0 aliphatic rings. The lowest BCUT2D eigenvalue weighted by atomic mass is 9.94. The van der Waals surface area contributed by atoms with Crippen LogP contribution in [0.4, 0.5) is 17.1 Å². The first-order valence-corrected chi connectivity index (χ1v) is 19.2. The standard InChI is InChI=1S/C54H35NO/c1-2-12-37(13-3-1)47-35-34-46(53-50-19-8-9-23-52(50)56-54(47)53)40-26-31-42(32-27-40)55(51-22-11-21-48-45-18-7-5-15-38(45)28-33-49(48)51)41-29-24-39(25-30-41)44-20-10-16-36-14-4-6-17-43(36)44/h1-35H. The van der Waals surface area contributed by atoms with Crippen LogP contribution in [0.2, 0.25) is 0 Å². The van der Waals surface area contributed by atoms with Crippen molar-refractivity contribution in [3.05, 3.63) is 212 Å². The number of anilines is 3. The highest BCUT2D eigenvalue weighted by atomic mass is 16.3. The zero-order chi connectivity index (χ0) is 37.0. The molecule has 262 valence electrons. The van der Waals surface area contributed by atoms with E-state index in [9.17, 15) is 0 Å². The topological polar surface area (TPSA) is 16.4 Å². The van der Waals surface area contributed by atoms with Gasteiger partial charge in [0.25, 0.3) is 0 Å². The number of benzene rings is 10. The molecule has 1 aromatic heterocycles. The van der Waals surface area contributed by atoms with Gasteiger partial charge in [0.2, 0.25) is 0 Å². The molecule has 0 aliphatic carbocycles. The van der Waals surface area contributed by atoms with Crippen LogP contribution in [0.1, 0.15) is 0 Å². The van der Waals surface area contributed by atoms with E-state index in [1.54, 1.807) is 0 Å². The Morgan fingerprint density at radius 2 is 0.857 bits per heavy atom. The molecule has 0 saturated heterocycles. The molecule has 0 saturated carbocycles. The minimum Gasteiger partial charge on any atom is -0.455 e. The molecule has 0 atom stereocenters. The van der Waals surface area contributed by atoms with Crippen LogP contribution in [-0.4, -0.2) is 0 Å². The lowest BCUT2D eigenvalue weighted by Crippen LogP contribution is -2.10. The summed E-state index contributed by atoms with van der Waals surface area (Å²) in [7, 11) is 0. The molecule has 0 spiro atoms. The minimum absolute atomic E-state index is 0.894. The predicted octanol–water partition coefficient (Wildman–Crippen LogP) is 15.5. The number of hydrogen-bond acceptors (Lipinski definition) is 2. The van der Waals surface area contributed by atoms with Crippen molar-refractivity contribution >= 4 is 71.3 Å². The third-order valence-electron chi connectivity index (χ3n) is 11.3. The highest BCUT2D eigenvalue weighted by molar-refractivity contribution is 6.16. The van der Waals surface area contributed by atoms with Crippen LogP contribution in [-0.2, 0) is 0 Å². The molecule has 0 amide bonds. The van der Waals surface area contributed by atoms with Gasteiger partial charge in [-0.15, -0.1) is 0 Å². The average molecular weight is 714 g/mol. The van der Waals surface area contributed by atoms with E-state index >= 15 is 0 Å². The third kappa shape index (κ3) is 5.26. The van der Waals surface area contributed by atoms with Gasteiger partial charge < -0.3 is 9.32 Å². The van der Waals surface area contributed by atoms with Gasteiger partial charge in [0.1, 0.15) is 11.2 Å². The second-order valence-electron chi connectivity index (χ2n) is 14.4. The molecule has 2 heteroatoms. The van der Waals surface area contributed by atoms with E-state index in [1.807, 2.05) is 6.07 Å². The van der Waals surface area contributed by atoms with Crippen molar-refractivity contribution in [2.75, 3.05) is 4.90 Å². The Morgan fingerprint density at radius 1 is 0.304 bits per heavy atom. The summed E-state index contributed by atoms with van der Waals surface area (Å²) in [5, 5.41) is 9.69. The Labute approximate surface area is 325 Å². The van der Waals surface area contributed by atoms with Crippen LogP contribution < -0.4 is 4.90 Å². The Kier molecular flexibility index (Phi) is 7.53. The van der Waals surface area contributed by atoms with Crippen molar-refractivity contribution in [2.45, 2.75) is 0 Å². The van der Waals surface area contributed by atoms with E-state index in [1.165, 1.54) is 43.4 Å². The predicted molar refractivity (Wildman–Crippen MR) is 237 cm³/mol. The quantitative estimate of drug-likeness (QED) is 0.160. The van der Waals surface area contributed by atoms with Gasteiger partial charge in [-0.25, -0.2) is 0 Å². The SMILES string of the molecule is c1ccc(-c2ccc(-c3ccc(N(c4ccc(-c5cccc6ccccc56)cc4)c4cccc5c4ccc4ccccc45)cc3)c3c2oc2ccccc23)cc1. The summed E-state index contributed by atoms with van der Waals surface area (Å²) in [6.45, 7) is 0. The monoisotopic (exact) mass is 713 g/mol. The summed E-state index contributed by atoms with van der Waals surface area (Å²) in [4.78, 5) is 2.40. The number of hydrogen-bond donors (Lipinski definition) is 0. The van der Waals surface area contributed by atoms with Crippen LogP contribution >= 0.6 is 0 Å². The van der Waals surface area contributed by atoms with Crippen molar-refractivity contribution in [1.82, 2.24) is 0 Å². The summed E-state index contributed by atoms with van der Waals surface area (Å²) in [6.07, 6.45) is 0. The minimum atomic E-state index is 0.894. The highest BCUT2D eigenvalue weighted by Gasteiger charge is 2.20. The zero-order valence-electron chi connectivity index (χ0n) is 30.6. The van der Waals surface area contributed by atoms with Crippen LogP contribution in [0.15, 0.2) is 217 Å². The fourth-order valence-electron chi connectivity index (χ4n) is 8.62. The van der Waals surface area contributed by atoms with E-state index in [0.29, 0.717) is 0 Å². The van der Waals surface area contributed by atoms with Crippen LogP contribution in [0.3, 0.4) is 0 Å². The lowest BCUT2D eigenvalue weighted by Gasteiger charge is -2.27. The molecule has 56 heavy (non-hydrogen) atoms. The average Bonchev–Trinajstić information content (AvgIpc) is 3.67. The Hall–Kier alpha value is -7.42. The van der Waals surface area contributed by atoms with Crippen LogP contribution in [0.25, 0.3) is 87.6 Å². The van der Waals surface area contributed by atoms with Gasteiger partial charge in [0.05, 0.1) is 5.69 Å². The van der Waals surface area contributed by atoms with Gasteiger partial charge in [0, 0.05) is 33.1 Å². The summed E-state index contributed by atoms with van der Waals surface area (Å²) in [5.74, 6) is 0. The Morgan fingerprint density at radius 3 is 1.62 bits per heavy atom. The molecular weight excluding hydrogens is 679 g/mol. The van der Waals surface area contributed by atoms with E-state index in [0.717, 1.165) is 61.3 Å². The third-order valence-corrected chi connectivity index (χ3v) is 11.3. The molecule has 2 nitrogen and oxygen atoms in total. The molecule has 10 aromatic carbocycles. The van der Waals surface area contributed by atoms with Gasteiger partial charge in [-0.1, -0.05) is 170 Å². The number of fused-ring (bicyclic) bond motifs is 7. The maximum Gasteiger partial charge on any atom is 0.143 e. The number of furan rings is 1. The smallest absolute Gasteiger partial charge is 0.143 e. The van der Waals surface area contributed by atoms with Crippen molar-refractivity contribution in [2.24, 2.45) is 0 Å². The molecule has 0 aliphatic heterocycles. The lowest BCUT2D eigenvalue weighted by molar-refractivity contribution is 0.670.